The molecule has 0 spiro atoms. The van der Waals surface area contributed by atoms with Crippen LogP contribution >= 0.6 is 0 Å². The summed E-state index contributed by atoms with van der Waals surface area (Å²) in [5.74, 6) is 0.229. The van der Waals surface area contributed by atoms with Gasteiger partial charge in [-0.25, -0.2) is 4.98 Å². The van der Waals surface area contributed by atoms with Gasteiger partial charge in [-0.3, -0.25) is 9.59 Å². The van der Waals surface area contributed by atoms with Crippen LogP contribution in [0.2, 0.25) is 0 Å². The van der Waals surface area contributed by atoms with Gasteiger partial charge in [-0.1, -0.05) is 18.2 Å². The fourth-order valence-electron chi connectivity index (χ4n) is 3.11. The van der Waals surface area contributed by atoms with Gasteiger partial charge in [-0.15, -0.1) is 0 Å². The molecule has 1 aliphatic rings. The summed E-state index contributed by atoms with van der Waals surface area (Å²) in [6, 6.07) is 9.36. The number of carbonyl (C=O) groups excluding carboxylic acids is 2. The molecule has 0 saturated carbocycles. The van der Waals surface area contributed by atoms with E-state index in [1.54, 1.807) is 6.07 Å². The minimum Gasteiger partial charge on any atom is -0.481 e. The van der Waals surface area contributed by atoms with Gasteiger partial charge < -0.3 is 15.0 Å². The molecule has 2 heterocycles. The van der Waals surface area contributed by atoms with Crippen molar-refractivity contribution < 1.29 is 14.3 Å². The zero-order valence-electron chi connectivity index (χ0n) is 14.5. The van der Waals surface area contributed by atoms with E-state index in [-0.39, 0.29) is 11.8 Å². The average Bonchev–Trinajstić information content (AvgIpc) is 2.67. The Labute approximate surface area is 147 Å². The van der Waals surface area contributed by atoms with Crippen molar-refractivity contribution >= 4 is 22.6 Å². The van der Waals surface area contributed by atoms with Gasteiger partial charge in [0.15, 0.2) is 0 Å². The summed E-state index contributed by atoms with van der Waals surface area (Å²) in [6.07, 6.45) is 3.64. The average molecular weight is 341 g/mol. The number of hydrogen-bond donors (Lipinski definition) is 1. The lowest BCUT2D eigenvalue weighted by Gasteiger charge is -2.26. The number of ether oxygens (including phenoxy) is 1. The summed E-state index contributed by atoms with van der Waals surface area (Å²) < 4.78 is 5.29. The lowest BCUT2D eigenvalue weighted by Crippen LogP contribution is -2.37. The van der Waals surface area contributed by atoms with Crippen molar-refractivity contribution in [2.45, 2.75) is 25.7 Å². The van der Waals surface area contributed by atoms with Crippen molar-refractivity contribution in [1.82, 2.24) is 15.2 Å². The summed E-state index contributed by atoms with van der Waals surface area (Å²) in [4.78, 5) is 30.6. The van der Waals surface area contributed by atoms with Gasteiger partial charge in [0.25, 0.3) is 5.91 Å². The van der Waals surface area contributed by atoms with Gasteiger partial charge in [0.1, 0.15) is 5.69 Å². The first kappa shape index (κ1) is 17.2. The van der Waals surface area contributed by atoms with E-state index in [0.29, 0.717) is 24.5 Å². The smallest absolute Gasteiger partial charge is 0.270 e. The number of carbonyl (C=O) groups is 2. The second-order valence-corrected chi connectivity index (χ2v) is 6.19. The van der Waals surface area contributed by atoms with Gasteiger partial charge in [-0.05, 0) is 36.8 Å². The Morgan fingerprint density at radius 1 is 1.20 bits per heavy atom. The third-order valence-corrected chi connectivity index (χ3v) is 4.46. The van der Waals surface area contributed by atoms with Crippen molar-refractivity contribution in [2.75, 3.05) is 26.7 Å². The van der Waals surface area contributed by atoms with Gasteiger partial charge >= 0.3 is 0 Å². The molecule has 2 amide bonds. The van der Waals surface area contributed by atoms with Crippen LogP contribution < -0.4 is 10.1 Å². The monoisotopic (exact) mass is 341 g/mol. The van der Waals surface area contributed by atoms with E-state index >= 15 is 0 Å². The summed E-state index contributed by atoms with van der Waals surface area (Å²) >= 11 is 0. The van der Waals surface area contributed by atoms with Crippen molar-refractivity contribution in [3.63, 3.8) is 0 Å². The van der Waals surface area contributed by atoms with E-state index in [9.17, 15) is 9.59 Å². The molecular formula is C19H23N3O3. The SMILES string of the molecule is COc1nc(C(=O)NCCC(=O)N2CCCCC2)cc2ccccc12. The van der Waals surface area contributed by atoms with Crippen LogP contribution in [0.5, 0.6) is 5.88 Å². The van der Waals surface area contributed by atoms with E-state index in [4.69, 9.17) is 4.74 Å². The molecule has 3 rings (SSSR count). The van der Waals surface area contributed by atoms with Crippen LogP contribution in [0.15, 0.2) is 30.3 Å². The number of likely N-dealkylation sites (tertiary alicyclic amines) is 1. The van der Waals surface area contributed by atoms with Gasteiger partial charge in [-0.2, -0.15) is 0 Å². The topological polar surface area (TPSA) is 71.5 Å². The Hall–Kier alpha value is -2.63. The molecule has 0 radical (unpaired) electrons. The molecule has 2 aromatic rings. The zero-order chi connectivity index (χ0) is 17.6. The molecule has 1 aliphatic heterocycles. The highest BCUT2D eigenvalue weighted by molar-refractivity contribution is 5.98. The first-order valence-corrected chi connectivity index (χ1v) is 8.69. The van der Waals surface area contributed by atoms with Crippen molar-refractivity contribution in [1.29, 1.82) is 0 Å². The highest BCUT2D eigenvalue weighted by atomic mass is 16.5. The molecular weight excluding hydrogens is 318 g/mol. The number of pyridine rings is 1. The van der Waals surface area contributed by atoms with E-state index in [1.807, 2.05) is 29.2 Å². The van der Waals surface area contributed by atoms with Gasteiger partial charge in [0, 0.05) is 31.4 Å². The highest BCUT2D eigenvalue weighted by Gasteiger charge is 2.17. The summed E-state index contributed by atoms with van der Waals surface area (Å²) in [5.41, 5.74) is 0.293. The quantitative estimate of drug-likeness (QED) is 0.906. The first-order chi connectivity index (χ1) is 12.2. The molecule has 1 aromatic carbocycles. The fourth-order valence-corrected chi connectivity index (χ4v) is 3.11. The molecule has 1 aromatic heterocycles. The zero-order valence-corrected chi connectivity index (χ0v) is 14.5. The molecule has 6 nitrogen and oxygen atoms in total. The Morgan fingerprint density at radius 3 is 2.72 bits per heavy atom. The number of methoxy groups -OCH3 is 1. The molecule has 0 bridgehead atoms. The van der Waals surface area contributed by atoms with E-state index in [1.165, 1.54) is 13.5 Å². The summed E-state index contributed by atoms with van der Waals surface area (Å²) in [7, 11) is 1.54. The number of piperidine rings is 1. The number of benzene rings is 1. The number of amides is 2. The number of nitrogens with zero attached hydrogens (tertiary/aromatic N) is 2. The molecule has 6 heteroatoms. The van der Waals surface area contributed by atoms with Crippen LogP contribution in [0.4, 0.5) is 0 Å². The van der Waals surface area contributed by atoms with Crippen LogP contribution in [-0.2, 0) is 4.79 Å². The molecule has 132 valence electrons. The molecule has 0 atom stereocenters. The number of aromatic nitrogens is 1. The number of hydrogen-bond acceptors (Lipinski definition) is 4. The maximum Gasteiger partial charge on any atom is 0.270 e. The van der Waals surface area contributed by atoms with E-state index < -0.39 is 0 Å². The third-order valence-electron chi connectivity index (χ3n) is 4.46. The maximum atomic E-state index is 12.4. The Morgan fingerprint density at radius 2 is 1.96 bits per heavy atom. The second kappa shape index (κ2) is 7.96. The molecule has 1 N–H and O–H groups in total. The predicted octanol–water partition coefficient (Wildman–Crippen LogP) is 2.38. The maximum absolute atomic E-state index is 12.4. The van der Waals surface area contributed by atoms with Crippen molar-refractivity contribution in [3.05, 3.63) is 36.0 Å². The minimum absolute atomic E-state index is 0.101. The molecule has 0 unspecified atom stereocenters. The van der Waals surface area contributed by atoms with E-state index in [2.05, 4.69) is 10.3 Å². The van der Waals surface area contributed by atoms with Crippen molar-refractivity contribution in [3.8, 4) is 5.88 Å². The number of rotatable bonds is 5. The van der Waals surface area contributed by atoms with E-state index in [0.717, 1.165) is 36.7 Å². The molecule has 0 aliphatic carbocycles. The Balaban J connectivity index is 1.61. The second-order valence-electron chi connectivity index (χ2n) is 6.19. The van der Waals surface area contributed by atoms with Crippen LogP contribution in [0.25, 0.3) is 10.8 Å². The van der Waals surface area contributed by atoms with Crippen LogP contribution in [0.1, 0.15) is 36.2 Å². The highest BCUT2D eigenvalue weighted by Crippen LogP contribution is 2.24. The first-order valence-electron chi connectivity index (χ1n) is 8.69. The van der Waals surface area contributed by atoms with Crippen LogP contribution in [0, 0.1) is 0 Å². The molecule has 1 saturated heterocycles. The number of nitrogens with one attached hydrogen (secondary N) is 1. The number of fused-ring (bicyclic) bond motifs is 1. The van der Waals surface area contributed by atoms with Gasteiger partial charge in [0.2, 0.25) is 11.8 Å². The van der Waals surface area contributed by atoms with Crippen LogP contribution in [0.3, 0.4) is 0 Å². The standard InChI is InChI=1S/C19H23N3O3/c1-25-19-15-8-4-3-7-14(15)13-16(21-19)18(24)20-10-9-17(23)22-11-5-2-6-12-22/h3-4,7-8,13H,2,5-6,9-12H2,1H3,(H,20,24). The fraction of sp³-hybridized carbons (Fsp3) is 0.421. The van der Waals surface area contributed by atoms with Crippen molar-refractivity contribution in [2.24, 2.45) is 0 Å². The molecule has 25 heavy (non-hydrogen) atoms. The summed E-state index contributed by atoms with van der Waals surface area (Å²) in [5, 5.41) is 4.54. The molecule has 1 fully saturated rings. The largest absolute Gasteiger partial charge is 0.481 e. The third kappa shape index (κ3) is 4.07. The normalized spacial score (nSPS) is 14.4. The summed E-state index contributed by atoms with van der Waals surface area (Å²) in [6.45, 7) is 1.97. The van der Waals surface area contributed by atoms with Crippen LogP contribution in [-0.4, -0.2) is 48.4 Å². The van der Waals surface area contributed by atoms with Gasteiger partial charge in [0.05, 0.1) is 7.11 Å². The Kier molecular flexibility index (Phi) is 5.48. The Bertz CT molecular complexity index is 770. The lowest BCUT2D eigenvalue weighted by atomic mass is 10.1. The minimum atomic E-state index is -0.296. The predicted molar refractivity (Wildman–Crippen MR) is 95.7 cm³/mol. The lowest BCUT2D eigenvalue weighted by molar-refractivity contribution is -0.131.